The number of nitrogens with zero attached hydrogens (tertiary/aromatic N) is 3. The zero-order valence-corrected chi connectivity index (χ0v) is 11.2. The average molecular weight is 287 g/mol. The van der Waals surface area contributed by atoms with Crippen LogP contribution in [0.25, 0.3) is 0 Å². The molecule has 21 heavy (non-hydrogen) atoms. The number of aromatic nitrogens is 3. The van der Waals surface area contributed by atoms with Crippen LogP contribution in [0.2, 0.25) is 0 Å². The summed E-state index contributed by atoms with van der Waals surface area (Å²) >= 11 is 0. The Hall–Kier alpha value is -3.03. The van der Waals surface area contributed by atoms with Gasteiger partial charge in [0.05, 0.1) is 29.8 Å². The van der Waals surface area contributed by atoms with E-state index in [0.717, 1.165) is 5.69 Å². The lowest BCUT2D eigenvalue weighted by atomic mass is 10.3. The van der Waals surface area contributed by atoms with Gasteiger partial charge in [-0.1, -0.05) is 0 Å². The summed E-state index contributed by atoms with van der Waals surface area (Å²) in [7, 11) is 0. The van der Waals surface area contributed by atoms with Gasteiger partial charge in [0.15, 0.2) is 5.69 Å². The summed E-state index contributed by atoms with van der Waals surface area (Å²) in [5.41, 5.74) is 1.28. The van der Waals surface area contributed by atoms with Crippen LogP contribution in [0.1, 0.15) is 21.9 Å². The first kappa shape index (κ1) is 14.4. The maximum atomic E-state index is 11.7. The van der Waals surface area contributed by atoms with Crippen LogP contribution in [-0.4, -0.2) is 32.1 Å². The van der Waals surface area contributed by atoms with E-state index in [9.17, 15) is 9.59 Å². The maximum Gasteiger partial charge on any atom is 0.356 e. The molecule has 0 saturated carbocycles. The molecular formula is C13H13N5O3. The number of aryl methyl sites for hydroxylation is 1. The monoisotopic (exact) mass is 287 g/mol. The van der Waals surface area contributed by atoms with E-state index in [0.29, 0.717) is 5.69 Å². The number of anilines is 1. The first-order valence-corrected chi connectivity index (χ1v) is 6.07. The third-order valence-electron chi connectivity index (χ3n) is 2.52. The molecule has 3 N–H and O–H groups in total. The molecule has 0 unspecified atom stereocenters. The number of carbonyl (C=O) groups is 2. The van der Waals surface area contributed by atoms with Crippen molar-refractivity contribution in [2.45, 2.75) is 13.5 Å². The summed E-state index contributed by atoms with van der Waals surface area (Å²) in [5.74, 6) is -1.21. The number of urea groups is 1. The van der Waals surface area contributed by atoms with Gasteiger partial charge in [-0.05, 0) is 19.1 Å². The van der Waals surface area contributed by atoms with Crippen LogP contribution >= 0.6 is 0 Å². The minimum Gasteiger partial charge on any atom is -0.476 e. The van der Waals surface area contributed by atoms with Crippen LogP contribution in [-0.2, 0) is 6.54 Å². The molecule has 0 aliphatic rings. The number of hydrogen-bond acceptors (Lipinski definition) is 5. The van der Waals surface area contributed by atoms with E-state index < -0.39 is 12.0 Å². The fourth-order valence-corrected chi connectivity index (χ4v) is 1.52. The summed E-state index contributed by atoms with van der Waals surface area (Å²) in [5, 5.41) is 14.0. The molecular weight excluding hydrogens is 274 g/mol. The number of aromatic carboxylic acids is 1. The summed E-state index contributed by atoms with van der Waals surface area (Å²) in [6, 6.07) is 2.45. The van der Waals surface area contributed by atoms with Gasteiger partial charge in [0, 0.05) is 12.4 Å². The molecule has 8 nitrogen and oxygen atoms in total. The molecule has 0 bridgehead atoms. The van der Waals surface area contributed by atoms with Crippen molar-refractivity contribution in [3.63, 3.8) is 0 Å². The first-order chi connectivity index (χ1) is 10.1. The molecule has 8 heteroatoms. The SMILES string of the molecule is Cc1cnc(CNC(=O)Nc2cccnc2C(=O)O)cn1. The van der Waals surface area contributed by atoms with E-state index in [1.54, 1.807) is 12.4 Å². The number of amides is 2. The molecule has 2 heterocycles. The van der Waals surface area contributed by atoms with Crippen LogP contribution in [0.15, 0.2) is 30.7 Å². The van der Waals surface area contributed by atoms with Crippen molar-refractivity contribution in [3.05, 3.63) is 47.8 Å². The number of hydrogen-bond donors (Lipinski definition) is 3. The predicted molar refractivity (Wildman–Crippen MR) is 73.8 cm³/mol. The van der Waals surface area contributed by atoms with E-state index in [4.69, 9.17) is 5.11 Å². The largest absolute Gasteiger partial charge is 0.476 e. The summed E-state index contributed by atoms with van der Waals surface area (Å²) in [4.78, 5) is 34.5. The van der Waals surface area contributed by atoms with E-state index in [1.165, 1.54) is 18.3 Å². The van der Waals surface area contributed by atoms with E-state index in [2.05, 4.69) is 25.6 Å². The molecule has 2 rings (SSSR count). The Bertz CT molecular complexity index is 657. The van der Waals surface area contributed by atoms with E-state index >= 15 is 0 Å². The van der Waals surface area contributed by atoms with Gasteiger partial charge in [-0.25, -0.2) is 14.6 Å². The highest BCUT2D eigenvalue weighted by Gasteiger charge is 2.13. The Kier molecular flexibility index (Phi) is 4.39. The lowest BCUT2D eigenvalue weighted by Crippen LogP contribution is -2.29. The number of carboxylic acids is 1. The van der Waals surface area contributed by atoms with Crippen LogP contribution in [0, 0.1) is 6.92 Å². The van der Waals surface area contributed by atoms with Gasteiger partial charge in [0.2, 0.25) is 0 Å². The van der Waals surface area contributed by atoms with Gasteiger partial charge < -0.3 is 15.7 Å². The molecule has 0 aliphatic heterocycles. The smallest absolute Gasteiger partial charge is 0.356 e. The molecule has 0 aliphatic carbocycles. The Balaban J connectivity index is 1.96. The minimum absolute atomic E-state index is 0.123. The van der Waals surface area contributed by atoms with Crippen LogP contribution in [0.4, 0.5) is 10.5 Å². The molecule has 0 aromatic carbocycles. The molecule has 2 aromatic rings. The predicted octanol–water partition coefficient (Wildman–Crippen LogP) is 1.20. The van der Waals surface area contributed by atoms with Crippen molar-refractivity contribution in [1.29, 1.82) is 0 Å². The second-order valence-corrected chi connectivity index (χ2v) is 4.16. The number of carboxylic acid groups (broad SMARTS) is 1. The molecule has 0 saturated heterocycles. The normalized spacial score (nSPS) is 9.95. The lowest BCUT2D eigenvalue weighted by molar-refractivity contribution is 0.0691. The Labute approximate surface area is 120 Å². The average Bonchev–Trinajstić information content (AvgIpc) is 2.47. The highest BCUT2D eigenvalue weighted by Crippen LogP contribution is 2.11. The summed E-state index contributed by atoms with van der Waals surface area (Å²) < 4.78 is 0. The molecule has 0 atom stereocenters. The third-order valence-corrected chi connectivity index (χ3v) is 2.52. The Morgan fingerprint density at radius 1 is 1.24 bits per heavy atom. The third kappa shape index (κ3) is 3.96. The van der Waals surface area contributed by atoms with E-state index in [1.807, 2.05) is 6.92 Å². The van der Waals surface area contributed by atoms with Gasteiger partial charge in [0.1, 0.15) is 0 Å². The fraction of sp³-hybridized carbons (Fsp3) is 0.154. The maximum absolute atomic E-state index is 11.7. The van der Waals surface area contributed by atoms with Crippen LogP contribution in [0.5, 0.6) is 0 Å². The molecule has 108 valence electrons. The topological polar surface area (TPSA) is 117 Å². The minimum atomic E-state index is -1.21. The van der Waals surface area contributed by atoms with Gasteiger partial charge in [0.25, 0.3) is 0 Å². The molecule has 2 aromatic heterocycles. The zero-order chi connectivity index (χ0) is 15.2. The van der Waals surface area contributed by atoms with Gasteiger partial charge >= 0.3 is 12.0 Å². The van der Waals surface area contributed by atoms with Crippen molar-refractivity contribution in [2.75, 3.05) is 5.32 Å². The Morgan fingerprint density at radius 2 is 2.05 bits per heavy atom. The number of nitrogens with one attached hydrogen (secondary N) is 2. The quantitative estimate of drug-likeness (QED) is 0.777. The van der Waals surface area contributed by atoms with E-state index in [-0.39, 0.29) is 17.9 Å². The number of pyridine rings is 1. The van der Waals surface area contributed by atoms with Gasteiger partial charge in [-0.3, -0.25) is 9.97 Å². The first-order valence-electron chi connectivity index (χ1n) is 6.07. The molecule has 2 amide bonds. The highest BCUT2D eigenvalue weighted by molar-refractivity contribution is 5.98. The molecule has 0 fully saturated rings. The summed E-state index contributed by atoms with van der Waals surface area (Å²) in [6.07, 6.45) is 4.50. The number of carbonyl (C=O) groups excluding carboxylic acids is 1. The van der Waals surface area contributed by atoms with Crippen molar-refractivity contribution in [3.8, 4) is 0 Å². The van der Waals surface area contributed by atoms with Crippen molar-refractivity contribution in [2.24, 2.45) is 0 Å². The fourth-order valence-electron chi connectivity index (χ4n) is 1.52. The van der Waals surface area contributed by atoms with Gasteiger partial charge in [-0.15, -0.1) is 0 Å². The number of rotatable bonds is 4. The van der Waals surface area contributed by atoms with Crippen molar-refractivity contribution >= 4 is 17.7 Å². The van der Waals surface area contributed by atoms with Gasteiger partial charge in [-0.2, -0.15) is 0 Å². The summed E-state index contributed by atoms with van der Waals surface area (Å²) in [6.45, 7) is 1.99. The van der Waals surface area contributed by atoms with Crippen LogP contribution < -0.4 is 10.6 Å². The lowest BCUT2D eigenvalue weighted by Gasteiger charge is -2.08. The zero-order valence-electron chi connectivity index (χ0n) is 11.2. The van der Waals surface area contributed by atoms with Crippen LogP contribution in [0.3, 0.4) is 0 Å². The van der Waals surface area contributed by atoms with Crippen molar-refractivity contribution in [1.82, 2.24) is 20.3 Å². The molecule has 0 spiro atoms. The second kappa shape index (κ2) is 6.42. The Morgan fingerprint density at radius 3 is 2.71 bits per heavy atom. The standard InChI is InChI=1S/C13H13N5O3/c1-8-5-16-9(6-15-8)7-17-13(21)18-10-3-2-4-14-11(10)12(19)20/h2-6H,7H2,1H3,(H,19,20)(H2,17,18,21). The second-order valence-electron chi connectivity index (χ2n) is 4.16. The molecule has 0 radical (unpaired) electrons. The highest BCUT2D eigenvalue weighted by atomic mass is 16.4. The van der Waals surface area contributed by atoms with Crippen molar-refractivity contribution < 1.29 is 14.7 Å².